The molecule has 3 aromatic rings. The molecule has 0 unspecified atom stereocenters. The van der Waals surface area contributed by atoms with Gasteiger partial charge in [0.2, 0.25) is 5.78 Å². The number of oxime groups is 1. The van der Waals surface area contributed by atoms with Crippen LogP contribution < -0.4 is 10.1 Å². The third-order valence-corrected chi connectivity index (χ3v) is 5.38. The molecule has 0 fully saturated rings. The van der Waals surface area contributed by atoms with E-state index in [-0.39, 0.29) is 18.1 Å². The molecule has 1 aliphatic rings. The van der Waals surface area contributed by atoms with E-state index < -0.39 is 28.7 Å². The molecule has 0 aliphatic carbocycles. The van der Waals surface area contributed by atoms with Crippen molar-refractivity contribution in [1.82, 2.24) is 0 Å². The maximum absolute atomic E-state index is 13.9. The molecule has 1 N–H and O–H groups in total. The number of benzene rings is 3. The van der Waals surface area contributed by atoms with Gasteiger partial charge in [0, 0.05) is 16.8 Å². The van der Waals surface area contributed by atoms with Crippen molar-refractivity contribution in [3.63, 3.8) is 0 Å². The minimum Gasteiger partial charge on any atom is -0.489 e. The molecule has 1 aliphatic heterocycles. The highest BCUT2D eigenvalue weighted by atomic mass is 19.1. The van der Waals surface area contributed by atoms with E-state index in [9.17, 15) is 18.4 Å². The number of rotatable bonds is 7. The Morgan fingerprint density at radius 1 is 1.09 bits per heavy atom. The Kier molecular flexibility index (Phi) is 6.46. The van der Waals surface area contributed by atoms with Crippen LogP contribution >= 0.6 is 0 Å². The molecule has 8 heteroatoms. The second-order valence-electron chi connectivity index (χ2n) is 8.31. The number of hydrogen-bond acceptors (Lipinski definition) is 5. The Hall–Kier alpha value is -4.33. The lowest BCUT2D eigenvalue weighted by atomic mass is 9.93. The number of Topliss-reactive ketones (excluding diaryl/α,β-unsaturated/α-hetero) is 1. The van der Waals surface area contributed by atoms with Crippen LogP contribution in [-0.4, -0.2) is 29.6 Å². The number of anilines is 1. The molecule has 0 aromatic heterocycles. The molecule has 4 rings (SSSR count). The van der Waals surface area contributed by atoms with Gasteiger partial charge in [0.25, 0.3) is 5.91 Å². The number of ketones is 1. The summed E-state index contributed by atoms with van der Waals surface area (Å²) in [6, 6.07) is 15.1. The largest absolute Gasteiger partial charge is 0.489 e. The fourth-order valence-electron chi connectivity index (χ4n) is 3.53. The topological polar surface area (TPSA) is 77.0 Å². The van der Waals surface area contributed by atoms with Crippen molar-refractivity contribution in [2.75, 3.05) is 11.9 Å². The number of nitrogens with one attached hydrogen (secondary N) is 1. The summed E-state index contributed by atoms with van der Waals surface area (Å²) in [6.45, 7) is 7.23. The Balaban J connectivity index is 1.64. The molecule has 178 valence electrons. The lowest BCUT2D eigenvalue weighted by Crippen LogP contribution is -2.33. The summed E-state index contributed by atoms with van der Waals surface area (Å²) >= 11 is 0. The highest BCUT2D eigenvalue weighted by Gasteiger charge is 2.40. The SMILES string of the molecule is C=CCOc1ccc(C2=NOC(C)(C)C2=O)cc1-c1ccc(NC(=O)c2c(F)cccc2F)cc1. The molecule has 6 nitrogen and oxygen atoms in total. The summed E-state index contributed by atoms with van der Waals surface area (Å²) in [4.78, 5) is 30.3. The van der Waals surface area contributed by atoms with Gasteiger partial charge in [-0.15, -0.1) is 0 Å². The van der Waals surface area contributed by atoms with Crippen molar-refractivity contribution in [2.24, 2.45) is 5.16 Å². The highest BCUT2D eigenvalue weighted by molar-refractivity contribution is 6.49. The molecule has 3 aromatic carbocycles. The van der Waals surface area contributed by atoms with Gasteiger partial charge in [0.1, 0.15) is 29.6 Å². The van der Waals surface area contributed by atoms with Crippen molar-refractivity contribution in [1.29, 1.82) is 0 Å². The van der Waals surface area contributed by atoms with Gasteiger partial charge in [0.05, 0.1) is 0 Å². The van der Waals surface area contributed by atoms with Crippen LogP contribution in [0.5, 0.6) is 5.75 Å². The van der Waals surface area contributed by atoms with Crippen LogP contribution in [0.3, 0.4) is 0 Å². The van der Waals surface area contributed by atoms with Crippen molar-refractivity contribution >= 4 is 23.1 Å². The third kappa shape index (κ3) is 4.82. The summed E-state index contributed by atoms with van der Waals surface area (Å²) in [5, 5.41) is 6.45. The zero-order valence-electron chi connectivity index (χ0n) is 19.1. The summed E-state index contributed by atoms with van der Waals surface area (Å²) in [5.74, 6) is -2.48. The molecule has 35 heavy (non-hydrogen) atoms. The second-order valence-corrected chi connectivity index (χ2v) is 8.31. The van der Waals surface area contributed by atoms with Crippen LogP contribution in [0.2, 0.25) is 0 Å². The summed E-state index contributed by atoms with van der Waals surface area (Å²) in [7, 11) is 0. The molecule has 0 saturated heterocycles. The van der Waals surface area contributed by atoms with Gasteiger partial charge in [-0.1, -0.05) is 36.0 Å². The minimum absolute atomic E-state index is 0.210. The van der Waals surface area contributed by atoms with Crippen molar-refractivity contribution in [3.8, 4) is 16.9 Å². The standard InChI is InChI=1S/C27H22F2N2O4/c1-4-14-34-22-13-10-17(24-25(32)27(2,3)35-31-24)15-19(22)16-8-11-18(12-9-16)30-26(33)23-20(28)6-5-7-21(23)29/h4-13,15H,1,14H2,2-3H3,(H,30,33). The number of hydrogen-bond donors (Lipinski definition) is 1. The maximum atomic E-state index is 13.9. The normalized spacial score (nSPS) is 14.2. The molecule has 0 saturated carbocycles. The van der Waals surface area contributed by atoms with E-state index in [4.69, 9.17) is 9.57 Å². The Bertz CT molecular complexity index is 1330. The smallest absolute Gasteiger partial charge is 0.261 e. The molecule has 0 bridgehead atoms. The quantitative estimate of drug-likeness (QED) is 0.455. The van der Waals surface area contributed by atoms with E-state index in [2.05, 4.69) is 17.1 Å². The van der Waals surface area contributed by atoms with E-state index in [1.165, 1.54) is 6.07 Å². The second kappa shape index (κ2) is 9.50. The van der Waals surface area contributed by atoms with Crippen molar-refractivity contribution < 1.29 is 27.9 Å². The molecule has 1 amide bonds. The number of halogens is 2. The number of ether oxygens (including phenoxy) is 1. The van der Waals surface area contributed by atoms with Gasteiger partial charge in [0.15, 0.2) is 11.3 Å². The Morgan fingerprint density at radius 2 is 1.74 bits per heavy atom. The monoisotopic (exact) mass is 476 g/mol. The lowest BCUT2D eigenvalue weighted by Gasteiger charge is -2.14. The van der Waals surface area contributed by atoms with Gasteiger partial charge in [-0.25, -0.2) is 8.78 Å². The maximum Gasteiger partial charge on any atom is 0.261 e. The zero-order valence-corrected chi connectivity index (χ0v) is 19.1. The fourth-order valence-corrected chi connectivity index (χ4v) is 3.53. The number of amides is 1. The lowest BCUT2D eigenvalue weighted by molar-refractivity contribution is -0.128. The average Bonchev–Trinajstić information content (AvgIpc) is 3.10. The third-order valence-electron chi connectivity index (χ3n) is 5.38. The average molecular weight is 476 g/mol. The molecular formula is C27H22F2N2O4. The molecule has 0 spiro atoms. The first-order chi connectivity index (χ1) is 16.7. The predicted octanol–water partition coefficient (Wildman–Crippen LogP) is 5.53. The van der Waals surface area contributed by atoms with E-state index in [1.807, 2.05) is 0 Å². The summed E-state index contributed by atoms with van der Waals surface area (Å²) in [6.07, 6.45) is 1.61. The first-order valence-corrected chi connectivity index (χ1v) is 10.8. The minimum atomic E-state index is -1.04. The fraction of sp³-hybridized carbons (Fsp3) is 0.148. The Morgan fingerprint density at radius 3 is 2.34 bits per heavy atom. The molecule has 0 radical (unpaired) electrons. The zero-order chi connectivity index (χ0) is 25.2. The molecular weight excluding hydrogens is 454 g/mol. The van der Waals surface area contributed by atoms with Crippen LogP contribution in [0.1, 0.15) is 29.8 Å². The first kappa shape index (κ1) is 23.8. The van der Waals surface area contributed by atoms with Gasteiger partial charge in [-0.3, -0.25) is 9.59 Å². The van der Waals surface area contributed by atoms with E-state index in [0.29, 0.717) is 28.1 Å². The van der Waals surface area contributed by atoms with Gasteiger partial charge < -0.3 is 14.9 Å². The molecule has 1 heterocycles. The van der Waals surface area contributed by atoms with E-state index >= 15 is 0 Å². The summed E-state index contributed by atoms with van der Waals surface area (Å²) in [5.41, 5.74) is 0.810. The van der Waals surface area contributed by atoms with Gasteiger partial charge >= 0.3 is 0 Å². The first-order valence-electron chi connectivity index (χ1n) is 10.8. The number of nitrogens with zero attached hydrogens (tertiary/aromatic N) is 1. The van der Waals surface area contributed by atoms with Crippen molar-refractivity contribution in [3.05, 3.63) is 96.1 Å². The van der Waals surface area contributed by atoms with E-state index in [1.54, 1.807) is 62.4 Å². The van der Waals surface area contributed by atoms with Crippen LogP contribution in [-0.2, 0) is 9.63 Å². The van der Waals surface area contributed by atoms with Crippen LogP contribution in [0.15, 0.2) is 78.5 Å². The predicted molar refractivity (Wildman–Crippen MR) is 129 cm³/mol. The van der Waals surface area contributed by atoms with Gasteiger partial charge in [-0.05, 0) is 61.9 Å². The van der Waals surface area contributed by atoms with Crippen LogP contribution in [0.4, 0.5) is 14.5 Å². The van der Waals surface area contributed by atoms with E-state index in [0.717, 1.165) is 12.1 Å². The molecule has 0 atom stereocenters. The number of carbonyl (C=O) groups is 2. The summed E-state index contributed by atoms with van der Waals surface area (Å²) < 4.78 is 33.6. The van der Waals surface area contributed by atoms with Crippen LogP contribution in [0.25, 0.3) is 11.1 Å². The van der Waals surface area contributed by atoms with Gasteiger partial charge in [-0.2, -0.15) is 0 Å². The Labute approximate surface area is 200 Å². The van der Waals surface area contributed by atoms with Crippen LogP contribution in [0, 0.1) is 11.6 Å². The number of carbonyl (C=O) groups excluding carboxylic acids is 2. The highest BCUT2D eigenvalue weighted by Crippen LogP contribution is 2.34. The van der Waals surface area contributed by atoms with Crippen molar-refractivity contribution in [2.45, 2.75) is 19.4 Å².